The van der Waals surface area contributed by atoms with Crippen LogP contribution < -0.4 is 0 Å². The molecule has 0 amide bonds. The molecule has 1 N–H and O–H groups in total. The van der Waals surface area contributed by atoms with Gasteiger partial charge in [0, 0.05) is 51.0 Å². The highest BCUT2D eigenvalue weighted by atomic mass is 16.5. The molecule has 1 spiro atoms. The van der Waals surface area contributed by atoms with Gasteiger partial charge in [0.05, 0.1) is 17.7 Å². The van der Waals surface area contributed by atoms with Crippen LogP contribution in [0.1, 0.15) is 42.0 Å². The topological polar surface area (TPSA) is 70.6 Å². The lowest BCUT2D eigenvalue weighted by Crippen LogP contribution is -2.53. The molecule has 0 radical (unpaired) electrons. The molecule has 0 unspecified atom stereocenters. The molecule has 2 aromatic rings. The van der Waals surface area contributed by atoms with Crippen LogP contribution in [-0.2, 0) is 20.1 Å². The van der Waals surface area contributed by atoms with Crippen molar-refractivity contribution < 1.29 is 9.63 Å². The third-order valence-corrected chi connectivity index (χ3v) is 7.21. The average Bonchev–Trinajstić information content (AvgIpc) is 3.25. The zero-order valence-corrected chi connectivity index (χ0v) is 17.4. The van der Waals surface area contributed by atoms with Crippen LogP contribution in [0.15, 0.2) is 17.0 Å². The first-order chi connectivity index (χ1) is 13.5. The maximum atomic E-state index is 10.2. The molecule has 0 saturated carbocycles. The van der Waals surface area contributed by atoms with Gasteiger partial charge in [-0.3, -0.25) is 9.80 Å². The van der Waals surface area contributed by atoms with Gasteiger partial charge < -0.3 is 14.2 Å². The number of hydrogen-bond acceptors (Lipinski definition) is 6. The van der Waals surface area contributed by atoms with Crippen molar-refractivity contribution in [2.75, 3.05) is 32.8 Å². The van der Waals surface area contributed by atoms with E-state index in [1.807, 2.05) is 26.4 Å². The smallest absolute Gasteiger partial charge is 0.138 e. The zero-order chi connectivity index (χ0) is 19.7. The number of likely N-dealkylation sites (tertiary alicyclic amines) is 2. The molecular formula is C21H33N5O2. The fourth-order valence-electron chi connectivity index (χ4n) is 5.11. The first kappa shape index (κ1) is 19.6. The van der Waals surface area contributed by atoms with Gasteiger partial charge in [-0.15, -0.1) is 0 Å². The Kier molecular flexibility index (Phi) is 5.58. The van der Waals surface area contributed by atoms with E-state index in [1.54, 1.807) is 0 Å². The number of aromatic nitrogens is 3. The molecule has 4 rings (SSSR count). The molecule has 2 fully saturated rings. The second-order valence-corrected chi connectivity index (χ2v) is 8.80. The highest BCUT2D eigenvalue weighted by Crippen LogP contribution is 2.45. The number of hydrogen-bond donors (Lipinski definition) is 1. The molecular weight excluding hydrogens is 354 g/mol. The average molecular weight is 388 g/mol. The fraction of sp³-hybridized carbons (Fsp3) is 0.714. The van der Waals surface area contributed by atoms with Crippen molar-refractivity contribution in [1.29, 1.82) is 0 Å². The fourth-order valence-corrected chi connectivity index (χ4v) is 5.11. The van der Waals surface area contributed by atoms with Gasteiger partial charge in [0.15, 0.2) is 0 Å². The Morgan fingerprint density at radius 1 is 1.14 bits per heavy atom. The number of rotatable bonds is 5. The van der Waals surface area contributed by atoms with Gasteiger partial charge in [-0.2, -0.15) is 0 Å². The highest BCUT2D eigenvalue weighted by Gasteiger charge is 2.44. The maximum Gasteiger partial charge on any atom is 0.138 e. The molecule has 28 heavy (non-hydrogen) atoms. The van der Waals surface area contributed by atoms with E-state index in [-0.39, 0.29) is 12.0 Å². The van der Waals surface area contributed by atoms with Crippen LogP contribution in [0.5, 0.6) is 0 Å². The van der Waals surface area contributed by atoms with E-state index in [9.17, 15) is 5.11 Å². The Labute approximate surface area is 167 Å². The van der Waals surface area contributed by atoms with Crippen LogP contribution in [-0.4, -0.2) is 62.4 Å². The molecule has 7 nitrogen and oxygen atoms in total. The number of nitrogens with zero attached hydrogens (tertiary/aromatic N) is 5. The number of piperidine rings is 2. The van der Waals surface area contributed by atoms with Gasteiger partial charge in [0.2, 0.25) is 0 Å². The third kappa shape index (κ3) is 3.75. The predicted molar refractivity (Wildman–Crippen MR) is 107 cm³/mol. The maximum absolute atomic E-state index is 10.2. The minimum atomic E-state index is 0.278. The largest absolute Gasteiger partial charge is 0.396 e. The van der Waals surface area contributed by atoms with Crippen LogP contribution in [0.2, 0.25) is 0 Å². The van der Waals surface area contributed by atoms with E-state index in [4.69, 9.17) is 4.52 Å². The van der Waals surface area contributed by atoms with Gasteiger partial charge in [0.25, 0.3) is 0 Å². The van der Waals surface area contributed by atoms with Crippen molar-refractivity contribution in [3.8, 4) is 0 Å². The first-order valence-corrected chi connectivity index (χ1v) is 10.4. The molecule has 4 heterocycles. The van der Waals surface area contributed by atoms with Gasteiger partial charge >= 0.3 is 0 Å². The summed E-state index contributed by atoms with van der Waals surface area (Å²) < 4.78 is 7.43. The Balaban J connectivity index is 1.36. The molecule has 2 aliphatic heterocycles. The first-order valence-electron chi connectivity index (χ1n) is 10.4. The molecule has 154 valence electrons. The van der Waals surface area contributed by atoms with E-state index in [0.29, 0.717) is 5.92 Å². The second kappa shape index (κ2) is 7.97. The van der Waals surface area contributed by atoms with Crippen LogP contribution in [0, 0.1) is 25.2 Å². The molecule has 7 heteroatoms. The number of imidazole rings is 1. The molecule has 0 aliphatic carbocycles. The van der Waals surface area contributed by atoms with E-state index in [1.165, 1.54) is 30.5 Å². The van der Waals surface area contributed by atoms with Crippen molar-refractivity contribution in [1.82, 2.24) is 24.5 Å². The number of aliphatic hydroxyl groups is 1. The lowest BCUT2D eigenvalue weighted by molar-refractivity contribution is -0.0453. The van der Waals surface area contributed by atoms with Crippen LogP contribution >= 0.6 is 0 Å². The zero-order valence-electron chi connectivity index (χ0n) is 17.4. The SMILES string of the molecule is Cc1noc(C)c1CN1CCC2(CCN(Cc3cncn3C)CC2)[C@H](CO)C1. The van der Waals surface area contributed by atoms with Crippen molar-refractivity contribution in [3.63, 3.8) is 0 Å². The molecule has 1 atom stereocenters. The molecule has 0 aromatic carbocycles. The van der Waals surface area contributed by atoms with E-state index in [2.05, 4.69) is 31.6 Å². The summed E-state index contributed by atoms with van der Waals surface area (Å²) in [5.74, 6) is 1.27. The Morgan fingerprint density at radius 2 is 1.86 bits per heavy atom. The number of aryl methyl sites for hydroxylation is 3. The minimum Gasteiger partial charge on any atom is -0.396 e. The molecule has 0 bridgehead atoms. The minimum absolute atomic E-state index is 0.278. The van der Waals surface area contributed by atoms with Gasteiger partial charge in [-0.1, -0.05) is 5.16 Å². The highest BCUT2D eigenvalue weighted by molar-refractivity contribution is 5.20. The summed E-state index contributed by atoms with van der Waals surface area (Å²) in [7, 11) is 2.06. The van der Waals surface area contributed by atoms with E-state index < -0.39 is 0 Å². The summed E-state index contributed by atoms with van der Waals surface area (Å²) >= 11 is 0. The predicted octanol–water partition coefficient (Wildman–Crippen LogP) is 2.12. The quantitative estimate of drug-likeness (QED) is 0.847. The summed E-state index contributed by atoms with van der Waals surface area (Å²) in [6, 6.07) is 0. The summed E-state index contributed by atoms with van der Waals surface area (Å²) in [5.41, 5.74) is 3.75. The summed E-state index contributed by atoms with van der Waals surface area (Å²) in [5, 5.41) is 14.3. The molecule has 2 aromatic heterocycles. The van der Waals surface area contributed by atoms with Crippen molar-refractivity contribution >= 4 is 0 Å². The van der Waals surface area contributed by atoms with Gasteiger partial charge in [-0.25, -0.2) is 4.98 Å². The Morgan fingerprint density at radius 3 is 2.43 bits per heavy atom. The molecule has 2 saturated heterocycles. The lowest BCUT2D eigenvalue weighted by atomic mass is 9.64. The second-order valence-electron chi connectivity index (χ2n) is 8.80. The number of aliphatic hydroxyl groups excluding tert-OH is 1. The third-order valence-electron chi connectivity index (χ3n) is 7.21. The molecule has 2 aliphatic rings. The lowest BCUT2D eigenvalue weighted by Gasteiger charge is -2.51. The van der Waals surface area contributed by atoms with E-state index >= 15 is 0 Å². The normalized spacial score (nSPS) is 23.5. The van der Waals surface area contributed by atoms with Crippen LogP contribution in [0.25, 0.3) is 0 Å². The Hall–Kier alpha value is -1.70. The van der Waals surface area contributed by atoms with Gasteiger partial charge in [-0.05, 0) is 58.2 Å². The summed E-state index contributed by atoms with van der Waals surface area (Å²) in [4.78, 5) is 9.24. The monoisotopic (exact) mass is 387 g/mol. The van der Waals surface area contributed by atoms with Gasteiger partial charge in [0.1, 0.15) is 5.76 Å². The summed E-state index contributed by atoms with van der Waals surface area (Å²) in [6.07, 6.45) is 7.36. The van der Waals surface area contributed by atoms with E-state index in [0.717, 1.165) is 50.7 Å². The van der Waals surface area contributed by atoms with Crippen molar-refractivity contribution in [2.24, 2.45) is 18.4 Å². The summed E-state index contributed by atoms with van der Waals surface area (Å²) in [6.45, 7) is 10.4. The Bertz CT molecular complexity index is 771. The van der Waals surface area contributed by atoms with Crippen molar-refractivity contribution in [2.45, 2.75) is 46.2 Å². The van der Waals surface area contributed by atoms with Crippen LogP contribution in [0.3, 0.4) is 0 Å². The van der Waals surface area contributed by atoms with Crippen LogP contribution in [0.4, 0.5) is 0 Å². The standard InChI is InChI=1S/C21H33N5O2/c1-16-20(17(2)28-23-16)13-26-9-6-21(18(11-26)14-27)4-7-25(8-5-21)12-19-10-22-15-24(19)3/h10,15,18,27H,4-9,11-14H2,1-3H3/t18-/m0/s1. The van der Waals surface area contributed by atoms with Crippen molar-refractivity contribution in [3.05, 3.63) is 35.2 Å².